The van der Waals surface area contributed by atoms with Crippen molar-refractivity contribution >= 4 is 34.8 Å². The third-order valence-corrected chi connectivity index (χ3v) is 5.47. The molecule has 0 bridgehead atoms. The molecule has 2 aromatic carbocycles. The van der Waals surface area contributed by atoms with Crippen molar-refractivity contribution in [1.29, 1.82) is 0 Å². The van der Waals surface area contributed by atoms with Crippen LogP contribution in [0.1, 0.15) is 25.7 Å². The Morgan fingerprint density at radius 3 is 1.96 bits per heavy atom. The Labute approximate surface area is 163 Å². The van der Waals surface area contributed by atoms with Gasteiger partial charge < -0.3 is 10.6 Å². The molecule has 2 fully saturated rings. The molecule has 6 heteroatoms. The second-order valence-corrected chi connectivity index (χ2v) is 7.38. The molecule has 144 valence electrons. The second-order valence-electron chi connectivity index (χ2n) is 7.38. The molecule has 1 saturated carbocycles. The van der Waals surface area contributed by atoms with Crippen molar-refractivity contribution in [3.8, 4) is 0 Å². The summed E-state index contributed by atoms with van der Waals surface area (Å²) < 4.78 is 0. The van der Waals surface area contributed by atoms with E-state index >= 15 is 0 Å². The summed E-state index contributed by atoms with van der Waals surface area (Å²) in [5.41, 5.74) is 2.50. The third-order valence-electron chi connectivity index (χ3n) is 5.47. The molecule has 0 spiro atoms. The summed E-state index contributed by atoms with van der Waals surface area (Å²) in [6.07, 6.45) is 3.46. The average Bonchev–Trinajstić information content (AvgIpc) is 2.95. The number of benzene rings is 2. The lowest BCUT2D eigenvalue weighted by Crippen LogP contribution is -2.38. The van der Waals surface area contributed by atoms with Gasteiger partial charge in [0.1, 0.15) is 6.54 Å². The Morgan fingerprint density at radius 1 is 0.821 bits per heavy atom. The van der Waals surface area contributed by atoms with Crippen molar-refractivity contribution in [2.24, 2.45) is 11.8 Å². The summed E-state index contributed by atoms with van der Waals surface area (Å²) in [6, 6.07) is 17.1. The smallest absolute Gasteiger partial charge is 0.244 e. The topological polar surface area (TPSA) is 78.5 Å². The van der Waals surface area contributed by atoms with Crippen LogP contribution < -0.4 is 10.6 Å². The van der Waals surface area contributed by atoms with Crippen LogP contribution in [0.15, 0.2) is 54.6 Å². The van der Waals surface area contributed by atoms with Crippen LogP contribution in [0.25, 0.3) is 0 Å². The lowest BCUT2D eigenvalue weighted by Gasteiger charge is -2.19. The minimum Gasteiger partial charge on any atom is -0.356 e. The first-order valence-corrected chi connectivity index (χ1v) is 9.69. The number of hydrogen-bond acceptors (Lipinski definition) is 4. The van der Waals surface area contributed by atoms with E-state index in [-0.39, 0.29) is 36.1 Å². The standard InChI is InChI=1S/C22H23N3O3/c26-20(14-25-21(27)18-8-4-5-9-19(18)22(25)28)24-17-12-10-16(11-13-17)23-15-6-2-1-3-7-15/h1-3,6-7,10-13,18-19,23H,4-5,8-9,14H2,(H,24,26)/t18-,19-/m1/s1. The van der Waals surface area contributed by atoms with E-state index in [0.717, 1.165) is 42.0 Å². The number of hydrogen-bond donors (Lipinski definition) is 2. The van der Waals surface area contributed by atoms with E-state index in [4.69, 9.17) is 0 Å². The lowest BCUT2D eigenvalue weighted by atomic mass is 9.81. The predicted octanol–water partition coefficient (Wildman–Crippen LogP) is 3.54. The molecule has 2 N–H and O–H groups in total. The molecule has 3 amide bonds. The molecule has 2 aliphatic rings. The average molecular weight is 377 g/mol. The SMILES string of the molecule is O=C(CN1C(=O)[C@@H]2CCCC[C@H]2C1=O)Nc1ccc(Nc2ccccc2)cc1. The molecule has 0 radical (unpaired) electrons. The van der Waals surface area contributed by atoms with Crippen molar-refractivity contribution < 1.29 is 14.4 Å². The van der Waals surface area contributed by atoms with Gasteiger partial charge in [0.2, 0.25) is 17.7 Å². The highest BCUT2D eigenvalue weighted by molar-refractivity contribution is 6.08. The summed E-state index contributed by atoms with van der Waals surface area (Å²) in [5.74, 6) is -1.18. The van der Waals surface area contributed by atoms with Gasteiger partial charge in [-0.3, -0.25) is 19.3 Å². The van der Waals surface area contributed by atoms with Gasteiger partial charge in [-0.25, -0.2) is 0 Å². The highest BCUT2D eigenvalue weighted by atomic mass is 16.2. The molecule has 28 heavy (non-hydrogen) atoms. The molecule has 6 nitrogen and oxygen atoms in total. The van der Waals surface area contributed by atoms with Gasteiger partial charge in [-0.15, -0.1) is 0 Å². The van der Waals surface area contributed by atoms with Crippen LogP contribution in [0.5, 0.6) is 0 Å². The number of amides is 3. The molecule has 2 aromatic rings. The minimum atomic E-state index is -0.357. The van der Waals surface area contributed by atoms with Gasteiger partial charge in [-0.1, -0.05) is 31.0 Å². The molecule has 4 rings (SSSR count). The van der Waals surface area contributed by atoms with Gasteiger partial charge in [0.25, 0.3) is 0 Å². The summed E-state index contributed by atoms with van der Waals surface area (Å²) in [5, 5.41) is 6.04. The number of anilines is 3. The summed E-state index contributed by atoms with van der Waals surface area (Å²) in [4.78, 5) is 38.5. The number of fused-ring (bicyclic) bond motifs is 1. The zero-order chi connectivity index (χ0) is 19.5. The molecular weight excluding hydrogens is 354 g/mol. The van der Waals surface area contributed by atoms with Gasteiger partial charge in [-0.2, -0.15) is 0 Å². The Bertz CT molecular complexity index is 856. The Morgan fingerprint density at radius 2 is 1.36 bits per heavy atom. The molecular formula is C22H23N3O3. The van der Waals surface area contributed by atoms with Crippen LogP contribution >= 0.6 is 0 Å². The normalized spacial score (nSPS) is 21.4. The van der Waals surface area contributed by atoms with E-state index in [1.54, 1.807) is 12.1 Å². The molecule has 0 unspecified atom stereocenters. The Hall–Kier alpha value is -3.15. The third kappa shape index (κ3) is 3.76. The predicted molar refractivity (Wildman–Crippen MR) is 107 cm³/mol. The van der Waals surface area contributed by atoms with Crippen LogP contribution in [-0.2, 0) is 14.4 Å². The van der Waals surface area contributed by atoms with E-state index in [9.17, 15) is 14.4 Å². The minimum absolute atomic E-state index is 0.188. The maximum absolute atomic E-state index is 12.5. The van der Waals surface area contributed by atoms with E-state index < -0.39 is 0 Å². The first-order chi connectivity index (χ1) is 13.6. The van der Waals surface area contributed by atoms with E-state index in [1.165, 1.54) is 0 Å². The van der Waals surface area contributed by atoms with Crippen molar-refractivity contribution in [2.75, 3.05) is 17.2 Å². The number of imide groups is 1. The zero-order valence-electron chi connectivity index (χ0n) is 15.6. The second kappa shape index (κ2) is 7.84. The number of para-hydroxylation sites is 1. The first kappa shape index (κ1) is 18.2. The van der Waals surface area contributed by atoms with E-state index in [0.29, 0.717) is 5.69 Å². The molecule has 1 saturated heterocycles. The quantitative estimate of drug-likeness (QED) is 0.781. The molecule has 1 aliphatic carbocycles. The molecule has 0 aromatic heterocycles. The number of nitrogens with zero attached hydrogens (tertiary/aromatic N) is 1. The van der Waals surface area contributed by atoms with Crippen molar-refractivity contribution in [1.82, 2.24) is 4.90 Å². The number of rotatable bonds is 5. The van der Waals surface area contributed by atoms with Crippen molar-refractivity contribution in [3.63, 3.8) is 0 Å². The highest BCUT2D eigenvalue weighted by Gasteiger charge is 2.48. The maximum Gasteiger partial charge on any atom is 0.244 e. The zero-order valence-corrected chi connectivity index (χ0v) is 15.6. The number of likely N-dealkylation sites (tertiary alicyclic amines) is 1. The van der Waals surface area contributed by atoms with E-state index in [1.807, 2.05) is 42.5 Å². The lowest BCUT2D eigenvalue weighted by molar-refractivity contribution is -0.142. The van der Waals surface area contributed by atoms with E-state index in [2.05, 4.69) is 10.6 Å². The first-order valence-electron chi connectivity index (χ1n) is 9.69. The highest BCUT2D eigenvalue weighted by Crippen LogP contribution is 2.37. The largest absolute Gasteiger partial charge is 0.356 e. The molecule has 1 heterocycles. The van der Waals surface area contributed by atoms with Gasteiger partial charge >= 0.3 is 0 Å². The fourth-order valence-electron chi connectivity index (χ4n) is 4.06. The maximum atomic E-state index is 12.5. The van der Waals surface area contributed by atoms with Crippen molar-refractivity contribution in [2.45, 2.75) is 25.7 Å². The van der Waals surface area contributed by atoms with Gasteiger partial charge in [-0.05, 0) is 49.2 Å². The fraction of sp³-hybridized carbons (Fsp3) is 0.318. The Kier molecular flexibility index (Phi) is 5.10. The Balaban J connectivity index is 1.35. The molecule has 1 aliphatic heterocycles. The number of nitrogens with one attached hydrogen (secondary N) is 2. The van der Waals surface area contributed by atoms with Crippen LogP contribution in [0.3, 0.4) is 0 Å². The van der Waals surface area contributed by atoms with Crippen LogP contribution in [-0.4, -0.2) is 29.2 Å². The van der Waals surface area contributed by atoms with Crippen LogP contribution in [0.2, 0.25) is 0 Å². The van der Waals surface area contributed by atoms with Gasteiger partial charge in [0.15, 0.2) is 0 Å². The van der Waals surface area contributed by atoms with Crippen molar-refractivity contribution in [3.05, 3.63) is 54.6 Å². The number of carbonyl (C=O) groups excluding carboxylic acids is 3. The summed E-state index contributed by atoms with van der Waals surface area (Å²) >= 11 is 0. The fourth-order valence-corrected chi connectivity index (χ4v) is 4.06. The summed E-state index contributed by atoms with van der Waals surface area (Å²) in [7, 11) is 0. The van der Waals surface area contributed by atoms with Gasteiger partial charge in [0.05, 0.1) is 11.8 Å². The van der Waals surface area contributed by atoms with Crippen LogP contribution in [0, 0.1) is 11.8 Å². The molecule has 2 atom stereocenters. The monoisotopic (exact) mass is 377 g/mol. The van der Waals surface area contributed by atoms with Crippen LogP contribution in [0.4, 0.5) is 17.1 Å². The van der Waals surface area contributed by atoms with Gasteiger partial charge in [0, 0.05) is 17.1 Å². The summed E-state index contributed by atoms with van der Waals surface area (Å²) in [6.45, 7) is -0.214. The number of carbonyl (C=O) groups is 3.